The number of carbonyl (C=O) groups is 1. The van der Waals surface area contributed by atoms with Crippen LogP contribution in [0, 0.1) is 6.92 Å². The molecule has 1 aromatic carbocycles. The molecule has 1 N–H and O–H groups in total. The second-order valence-corrected chi connectivity index (χ2v) is 7.25. The van der Waals surface area contributed by atoms with Gasteiger partial charge in [-0.3, -0.25) is 4.79 Å². The summed E-state index contributed by atoms with van der Waals surface area (Å²) in [6.07, 6.45) is 1.33. The van der Waals surface area contributed by atoms with Gasteiger partial charge in [0.1, 0.15) is 11.5 Å². The van der Waals surface area contributed by atoms with Crippen molar-refractivity contribution in [1.82, 2.24) is 20.1 Å². The number of hydrogen-bond donors (Lipinski definition) is 1. The number of nitrogens with zero attached hydrogens (tertiary/aromatic N) is 3. The number of aromatic nitrogens is 3. The molecule has 148 valence electrons. The van der Waals surface area contributed by atoms with Crippen molar-refractivity contribution in [2.24, 2.45) is 0 Å². The summed E-state index contributed by atoms with van der Waals surface area (Å²) >= 11 is 1.35. The zero-order chi connectivity index (χ0) is 19.9. The van der Waals surface area contributed by atoms with Gasteiger partial charge in [-0.25, -0.2) is 0 Å². The predicted molar refractivity (Wildman–Crippen MR) is 107 cm³/mol. The molecule has 3 rings (SSSR count). The maximum Gasteiger partial charge on any atom is 0.230 e. The molecule has 0 fully saturated rings. The standard InChI is InChI=1S/C20H24N4O3S/c1-4-24-19(15(3)27-16-9-7-14(2)8-10-16)22-23-20(24)28-13-18(25)21-12-17-6-5-11-26-17/h5-11,15H,4,12-13H2,1-3H3,(H,21,25). The maximum atomic E-state index is 12.1. The van der Waals surface area contributed by atoms with Crippen molar-refractivity contribution >= 4 is 17.7 Å². The minimum Gasteiger partial charge on any atom is -0.483 e. The molecule has 0 spiro atoms. The number of carbonyl (C=O) groups excluding carboxylic acids is 1. The minimum absolute atomic E-state index is 0.0856. The molecule has 1 amide bonds. The van der Waals surface area contributed by atoms with Gasteiger partial charge in [-0.05, 0) is 45.0 Å². The highest BCUT2D eigenvalue weighted by molar-refractivity contribution is 7.99. The lowest BCUT2D eigenvalue weighted by molar-refractivity contribution is -0.118. The molecule has 2 aromatic heterocycles. The van der Waals surface area contributed by atoms with E-state index in [4.69, 9.17) is 9.15 Å². The van der Waals surface area contributed by atoms with Gasteiger partial charge in [0.05, 0.1) is 18.6 Å². The molecule has 0 saturated heterocycles. The van der Waals surface area contributed by atoms with E-state index in [1.54, 1.807) is 12.3 Å². The van der Waals surface area contributed by atoms with Crippen molar-refractivity contribution < 1.29 is 13.9 Å². The monoisotopic (exact) mass is 400 g/mol. The molecule has 0 radical (unpaired) electrons. The molecule has 0 aliphatic rings. The summed E-state index contributed by atoms with van der Waals surface area (Å²) in [6, 6.07) is 11.5. The van der Waals surface area contributed by atoms with Crippen LogP contribution in [-0.2, 0) is 17.9 Å². The van der Waals surface area contributed by atoms with E-state index in [-0.39, 0.29) is 17.8 Å². The van der Waals surface area contributed by atoms with Crippen LogP contribution in [0.2, 0.25) is 0 Å². The van der Waals surface area contributed by atoms with Crippen molar-refractivity contribution in [1.29, 1.82) is 0 Å². The molecule has 1 unspecified atom stereocenters. The van der Waals surface area contributed by atoms with Crippen LogP contribution in [0.25, 0.3) is 0 Å². The Kier molecular flexibility index (Phi) is 6.76. The number of aryl methyl sites for hydroxylation is 1. The molecule has 8 heteroatoms. The van der Waals surface area contributed by atoms with Gasteiger partial charge in [0, 0.05) is 6.54 Å². The summed E-state index contributed by atoms with van der Waals surface area (Å²) in [4.78, 5) is 12.1. The van der Waals surface area contributed by atoms with Crippen LogP contribution in [0.15, 0.2) is 52.2 Å². The Labute approximate surface area is 168 Å². The van der Waals surface area contributed by atoms with Gasteiger partial charge in [0.2, 0.25) is 5.91 Å². The van der Waals surface area contributed by atoms with Crippen LogP contribution in [-0.4, -0.2) is 26.4 Å². The van der Waals surface area contributed by atoms with E-state index in [1.807, 2.05) is 55.7 Å². The quantitative estimate of drug-likeness (QED) is 0.551. The zero-order valence-electron chi connectivity index (χ0n) is 16.2. The van der Waals surface area contributed by atoms with Gasteiger partial charge in [-0.1, -0.05) is 29.5 Å². The molecule has 0 bridgehead atoms. The van der Waals surface area contributed by atoms with E-state index in [9.17, 15) is 4.79 Å². The Hall–Kier alpha value is -2.74. The number of thioether (sulfide) groups is 1. The van der Waals surface area contributed by atoms with Crippen molar-refractivity contribution in [3.63, 3.8) is 0 Å². The smallest absolute Gasteiger partial charge is 0.230 e. The summed E-state index contributed by atoms with van der Waals surface area (Å²) in [5, 5.41) is 12.1. The van der Waals surface area contributed by atoms with Crippen LogP contribution in [0.3, 0.4) is 0 Å². The number of rotatable bonds is 9. The summed E-state index contributed by atoms with van der Waals surface area (Å²) in [5.74, 6) is 2.42. The van der Waals surface area contributed by atoms with E-state index in [0.717, 1.165) is 17.3 Å². The normalized spacial score (nSPS) is 12.0. The summed E-state index contributed by atoms with van der Waals surface area (Å²) in [5.41, 5.74) is 1.18. The first-order valence-corrected chi connectivity index (χ1v) is 10.1. The Balaban J connectivity index is 1.57. The average Bonchev–Trinajstić information content (AvgIpc) is 3.35. The first-order valence-electron chi connectivity index (χ1n) is 9.15. The number of benzene rings is 1. The van der Waals surface area contributed by atoms with Crippen LogP contribution in [0.5, 0.6) is 5.75 Å². The largest absolute Gasteiger partial charge is 0.483 e. The molecular formula is C20H24N4O3S. The van der Waals surface area contributed by atoms with E-state index in [0.29, 0.717) is 18.2 Å². The average molecular weight is 401 g/mol. The van der Waals surface area contributed by atoms with Gasteiger partial charge in [-0.15, -0.1) is 10.2 Å². The Bertz CT molecular complexity index is 891. The Morgan fingerprint density at radius 2 is 2.07 bits per heavy atom. The predicted octanol–water partition coefficient (Wildman–Crippen LogP) is 3.75. The second-order valence-electron chi connectivity index (χ2n) is 6.30. The highest BCUT2D eigenvalue weighted by Crippen LogP contribution is 2.24. The van der Waals surface area contributed by atoms with E-state index in [2.05, 4.69) is 15.5 Å². The maximum absolute atomic E-state index is 12.1. The van der Waals surface area contributed by atoms with Gasteiger partial charge in [0.25, 0.3) is 0 Å². The molecule has 0 aliphatic heterocycles. The summed E-state index contributed by atoms with van der Waals surface area (Å²) in [6.45, 7) is 7.07. The molecular weight excluding hydrogens is 376 g/mol. The first-order chi connectivity index (χ1) is 13.6. The molecule has 2 heterocycles. The first kappa shape index (κ1) is 20.0. The lowest BCUT2D eigenvalue weighted by Gasteiger charge is -2.15. The fourth-order valence-electron chi connectivity index (χ4n) is 2.66. The number of furan rings is 1. The van der Waals surface area contributed by atoms with Gasteiger partial charge >= 0.3 is 0 Å². The summed E-state index contributed by atoms with van der Waals surface area (Å²) in [7, 11) is 0. The van der Waals surface area contributed by atoms with Gasteiger partial charge in [-0.2, -0.15) is 0 Å². The zero-order valence-corrected chi connectivity index (χ0v) is 17.0. The highest BCUT2D eigenvalue weighted by Gasteiger charge is 2.19. The Morgan fingerprint density at radius 3 is 2.75 bits per heavy atom. The molecule has 3 aromatic rings. The third-order valence-electron chi connectivity index (χ3n) is 4.13. The molecule has 28 heavy (non-hydrogen) atoms. The van der Waals surface area contributed by atoms with Gasteiger partial charge < -0.3 is 19.0 Å². The highest BCUT2D eigenvalue weighted by atomic mass is 32.2. The van der Waals surface area contributed by atoms with Crippen molar-refractivity contribution in [2.45, 2.75) is 45.1 Å². The van der Waals surface area contributed by atoms with Crippen LogP contribution in [0.1, 0.15) is 37.1 Å². The minimum atomic E-state index is -0.253. The van der Waals surface area contributed by atoms with Crippen LogP contribution in [0.4, 0.5) is 0 Å². The number of amides is 1. The number of ether oxygens (including phenoxy) is 1. The van der Waals surface area contributed by atoms with E-state index in [1.165, 1.54) is 17.3 Å². The SMILES string of the molecule is CCn1c(SCC(=O)NCc2ccco2)nnc1C(C)Oc1ccc(C)cc1. The lowest BCUT2D eigenvalue weighted by Crippen LogP contribution is -2.24. The second kappa shape index (κ2) is 9.45. The molecule has 0 saturated carbocycles. The number of nitrogens with one attached hydrogen (secondary N) is 1. The topological polar surface area (TPSA) is 82.2 Å². The van der Waals surface area contributed by atoms with Crippen molar-refractivity contribution in [3.8, 4) is 5.75 Å². The van der Waals surface area contributed by atoms with Crippen LogP contribution >= 0.6 is 11.8 Å². The fourth-order valence-corrected chi connectivity index (χ4v) is 3.50. The van der Waals surface area contributed by atoms with Crippen LogP contribution < -0.4 is 10.1 Å². The fraction of sp³-hybridized carbons (Fsp3) is 0.350. The third kappa shape index (κ3) is 5.16. The molecule has 1 atom stereocenters. The van der Waals surface area contributed by atoms with Crippen molar-refractivity contribution in [2.75, 3.05) is 5.75 Å². The van der Waals surface area contributed by atoms with Gasteiger partial charge in [0.15, 0.2) is 17.1 Å². The van der Waals surface area contributed by atoms with E-state index >= 15 is 0 Å². The summed E-state index contributed by atoms with van der Waals surface area (Å²) < 4.78 is 13.2. The number of hydrogen-bond acceptors (Lipinski definition) is 6. The third-order valence-corrected chi connectivity index (χ3v) is 5.10. The molecule has 0 aliphatic carbocycles. The molecule has 7 nitrogen and oxygen atoms in total. The Morgan fingerprint density at radius 1 is 1.29 bits per heavy atom. The van der Waals surface area contributed by atoms with E-state index < -0.39 is 0 Å². The van der Waals surface area contributed by atoms with Crippen molar-refractivity contribution in [3.05, 3.63) is 59.8 Å². The lowest BCUT2D eigenvalue weighted by atomic mass is 10.2.